The SMILES string of the molecule is Fc1ccc2onc(CN3CCN(c4cccc(C(F)(F)F)c4)CC3)c2c1. The van der Waals surface area contributed by atoms with E-state index in [2.05, 4.69) is 10.1 Å². The Labute approximate surface area is 153 Å². The Kier molecular flexibility index (Phi) is 4.51. The van der Waals surface area contributed by atoms with Gasteiger partial charge in [-0.2, -0.15) is 13.2 Å². The number of hydrogen-bond donors (Lipinski definition) is 0. The number of fused-ring (bicyclic) bond motifs is 1. The predicted octanol–water partition coefficient (Wildman–Crippen LogP) is 4.31. The molecule has 0 aliphatic carbocycles. The summed E-state index contributed by atoms with van der Waals surface area (Å²) in [6.07, 6.45) is -4.35. The highest BCUT2D eigenvalue weighted by molar-refractivity contribution is 5.79. The summed E-state index contributed by atoms with van der Waals surface area (Å²) >= 11 is 0. The summed E-state index contributed by atoms with van der Waals surface area (Å²) in [6, 6.07) is 9.66. The maximum atomic E-state index is 13.5. The molecule has 2 heterocycles. The van der Waals surface area contributed by atoms with Crippen LogP contribution in [0.2, 0.25) is 0 Å². The molecule has 8 heteroatoms. The summed E-state index contributed by atoms with van der Waals surface area (Å²) in [5.74, 6) is -0.346. The van der Waals surface area contributed by atoms with Crippen LogP contribution in [0.1, 0.15) is 11.3 Å². The molecule has 3 aromatic rings. The van der Waals surface area contributed by atoms with Crippen molar-refractivity contribution < 1.29 is 22.1 Å². The van der Waals surface area contributed by atoms with Gasteiger partial charge in [0.15, 0.2) is 5.58 Å². The molecule has 0 atom stereocenters. The molecule has 1 fully saturated rings. The van der Waals surface area contributed by atoms with Crippen molar-refractivity contribution in [1.29, 1.82) is 0 Å². The second kappa shape index (κ2) is 6.84. The Morgan fingerprint density at radius 2 is 1.78 bits per heavy atom. The van der Waals surface area contributed by atoms with Gasteiger partial charge in [0.1, 0.15) is 11.5 Å². The first-order valence-electron chi connectivity index (χ1n) is 8.58. The summed E-state index contributed by atoms with van der Waals surface area (Å²) in [5, 5.41) is 4.67. The van der Waals surface area contributed by atoms with Gasteiger partial charge >= 0.3 is 6.18 Å². The van der Waals surface area contributed by atoms with E-state index in [1.165, 1.54) is 24.3 Å². The zero-order valence-electron chi connectivity index (χ0n) is 14.3. The fourth-order valence-electron chi connectivity index (χ4n) is 3.33. The largest absolute Gasteiger partial charge is 0.416 e. The molecule has 0 radical (unpaired) electrons. The minimum atomic E-state index is -4.35. The maximum Gasteiger partial charge on any atom is 0.416 e. The Hall–Kier alpha value is -2.61. The molecule has 1 saturated heterocycles. The summed E-state index contributed by atoms with van der Waals surface area (Å²) in [6.45, 7) is 3.05. The molecule has 1 aliphatic heterocycles. The van der Waals surface area contributed by atoms with Crippen molar-refractivity contribution >= 4 is 16.7 Å². The van der Waals surface area contributed by atoms with Crippen molar-refractivity contribution in [2.45, 2.75) is 12.7 Å². The molecule has 27 heavy (non-hydrogen) atoms. The quantitative estimate of drug-likeness (QED) is 0.635. The second-order valence-corrected chi connectivity index (χ2v) is 6.58. The third kappa shape index (κ3) is 3.75. The van der Waals surface area contributed by atoms with Crippen molar-refractivity contribution in [3.05, 3.63) is 59.5 Å². The lowest BCUT2D eigenvalue weighted by Crippen LogP contribution is -2.46. The highest BCUT2D eigenvalue weighted by Gasteiger charge is 2.31. The maximum absolute atomic E-state index is 13.5. The van der Waals surface area contributed by atoms with Crippen molar-refractivity contribution in [2.75, 3.05) is 31.1 Å². The highest BCUT2D eigenvalue weighted by Crippen LogP contribution is 2.32. The number of halogens is 4. The number of aromatic nitrogens is 1. The van der Waals surface area contributed by atoms with Crippen LogP contribution >= 0.6 is 0 Å². The average Bonchev–Trinajstić information content (AvgIpc) is 3.04. The van der Waals surface area contributed by atoms with Gasteiger partial charge < -0.3 is 9.42 Å². The number of nitrogens with zero attached hydrogens (tertiary/aromatic N) is 3. The minimum Gasteiger partial charge on any atom is -0.369 e. The fourth-order valence-corrected chi connectivity index (χ4v) is 3.33. The van der Waals surface area contributed by atoms with Gasteiger partial charge in [-0.3, -0.25) is 4.90 Å². The number of alkyl halides is 3. The monoisotopic (exact) mass is 379 g/mol. The van der Waals surface area contributed by atoms with E-state index in [9.17, 15) is 17.6 Å². The topological polar surface area (TPSA) is 32.5 Å². The van der Waals surface area contributed by atoms with Gasteiger partial charge in [0.25, 0.3) is 0 Å². The molecule has 142 valence electrons. The van der Waals surface area contributed by atoms with Crippen molar-refractivity contribution in [3.8, 4) is 0 Å². The molecule has 2 aromatic carbocycles. The average molecular weight is 379 g/mol. The minimum absolute atomic E-state index is 0.346. The van der Waals surface area contributed by atoms with Gasteiger partial charge in [0.05, 0.1) is 5.56 Å². The van der Waals surface area contributed by atoms with Gasteiger partial charge in [0, 0.05) is 43.8 Å². The molecular formula is C19H17F4N3O. The molecule has 0 amide bonds. The van der Waals surface area contributed by atoms with E-state index in [4.69, 9.17) is 4.52 Å². The molecule has 0 spiro atoms. The summed E-state index contributed by atoms with van der Waals surface area (Å²) in [7, 11) is 0. The molecule has 1 aromatic heterocycles. The Morgan fingerprint density at radius 1 is 1.00 bits per heavy atom. The first-order valence-corrected chi connectivity index (χ1v) is 8.58. The highest BCUT2D eigenvalue weighted by atomic mass is 19.4. The van der Waals surface area contributed by atoms with E-state index in [1.54, 1.807) is 12.1 Å². The van der Waals surface area contributed by atoms with Crippen LogP contribution in [-0.4, -0.2) is 36.2 Å². The molecule has 0 saturated carbocycles. The Balaban J connectivity index is 1.42. The normalized spacial score (nSPS) is 16.2. The zero-order valence-corrected chi connectivity index (χ0v) is 14.3. The molecule has 0 bridgehead atoms. The molecule has 1 aliphatic rings. The number of piperazine rings is 1. The molecular weight excluding hydrogens is 362 g/mol. The number of anilines is 1. The van der Waals surface area contributed by atoms with Gasteiger partial charge in [-0.05, 0) is 36.4 Å². The van der Waals surface area contributed by atoms with Gasteiger partial charge in [-0.15, -0.1) is 0 Å². The first kappa shape index (κ1) is 17.8. The third-order valence-electron chi connectivity index (χ3n) is 4.79. The first-order chi connectivity index (χ1) is 12.9. The van der Waals surface area contributed by atoms with Crippen molar-refractivity contribution in [1.82, 2.24) is 10.1 Å². The lowest BCUT2D eigenvalue weighted by atomic mass is 10.1. The van der Waals surface area contributed by atoms with Crippen LogP contribution in [-0.2, 0) is 12.7 Å². The van der Waals surface area contributed by atoms with Crippen LogP contribution in [0.25, 0.3) is 11.0 Å². The lowest BCUT2D eigenvalue weighted by Gasteiger charge is -2.36. The van der Waals surface area contributed by atoms with Crippen LogP contribution in [0, 0.1) is 5.82 Å². The summed E-state index contributed by atoms with van der Waals surface area (Å²) in [5.41, 5.74) is 1.13. The van der Waals surface area contributed by atoms with Gasteiger partial charge in [-0.25, -0.2) is 4.39 Å². The molecule has 0 N–H and O–H groups in total. The lowest BCUT2D eigenvalue weighted by molar-refractivity contribution is -0.137. The van der Waals surface area contributed by atoms with E-state index < -0.39 is 11.7 Å². The van der Waals surface area contributed by atoms with Crippen LogP contribution < -0.4 is 4.90 Å². The number of hydrogen-bond acceptors (Lipinski definition) is 4. The van der Waals surface area contributed by atoms with Crippen LogP contribution in [0.5, 0.6) is 0 Å². The molecule has 4 rings (SSSR count). The van der Waals surface area contributed by atoms with Crippen LogP contribution in [0.3, 0.4) is 0 Å². The van der Waals surface area contributed by atoms with E-state index in [1.807, 2.05) is 4.90 Å². The summed E-state index contributed by atoms with van der Waals surface area (Å²) in [4.78, 5) is 4.07. The second-order valence-electron chi connectivity index (χ2n) is 6.58. The van der Waals surface area contributed by atoms with E-state index in [0.29, 0.717) is 55.1 Å². The smallest absolute Gasteiger partial charge is 0.369 e. The van der Waals surface area contributed by atoms with E-state index in [-0.39, 0.29) is 5.82 Å². The van der Waals surface area contributed by atoms with Crippen LogP contribution in [0.4, 0.5) is 23.2 Å². The van der Waals surface area contributed by atoms with Crippen molar-refractivity contribution in [2.24, 2.45) is 0 Å². The predicted molar refractivity (Wildman–Crippen MR) is 92.9 cm³/mol. The Bertz CT molecular complexity index is 946. The summed E-state index contributed by atoms with van der Waals surface area (Å²) < 4.78 is 57.4. The molecule has 4 nitrogen and oxygen atoms in total. The number of rotatable bonds is 3. The third-order valence-corrected chi connectivity index (χ3v) is 4.79. The molecule has 0 unspecified atom stereocenters. The van der Waals surface area contributed by atoms with Crippen LogP contribution in [0.15, 0.2) is 47.0 Å². The van der Waals surface area contributed by atoms with Gasteiger partial charge in [-0.1, -0.05) is 11.2 Å². The van der Waals surface area contributed by atoms with E-state index >= 15 is 0 Å². The van der Waals surface area contributed by atoms with Crippen molar-refractivity contribution in [3.63, 3.8) is 0 Å². The van der Waals surface area contributed by atoms with E-state index in [0.717, 1.165) is 6.07 Å². The Morgan fingerprint density at radius 3 is 2.52 bits per heavy atom. The number of benzene rings is 2. The van der Waals surface area contributed by atoms with Gasteiger partial charge in [0.2, 0.25) is 0 Å². The standard InChI is InChI=1S/C19H17F4N3O/c20-14-4-5-18-16(11-14)17(24-27-18)12-25-6-8-26(9-7-25)15-3-1-2-13(10-15)19(21,22)23/h1-5,10-11H,6-9,12H2. The fraction of sp³-hybridized carbons (Fsp3) is 0.316. The zero-order chi connectivity index (χ0) is 19.0.